The van der Waals surface area contributed by atoms with Gasteiger partial charge in [-0.15, -0.1) is 11.8 Å². The summed E-state index contributed by atoms with van der Waals surface area (Å²) in [7, 11) is 0. The Morgan fingerprint density at radius 2 is 1.82 bits per heavy atom. The van der Waals surface area contributed by atoms with Crippen LogP contribution in [0.15, 0.2) is 29.2 Å². The molecule has 0 fully saturated rings. The SMILES string of the molecule is CSc1ccc(CC(C(=O)O)C(C)(C)C)cc1. The van der Waals surface area contributed by atoms with Crippen LogP contribution in [-0.2, 0) is 11.2 Å². The maximum Gasteiger partial charge on any atom is 0.307 e. The molecule has 1 unspecified atom stereocenters. The van der Waals surface area contributed by atoms with Gasteiger partial charge in [0.15, 0.2) is 0 Å². The third kappa shape index (κ3) is 4.08. The molecule has 1 aromatic rings. The Bertz CT molecular complexity index is 376. The van der Waals surface area contributed by atoms with Gasteiger partial charge in [0.25, 0.3) is 0 Å². The van der Waals surface area contributed by atoms with Gasteiger partial charge in [-0.25, -0.2) is 0 Å². The van der Waals surface area contributed by atoms with Gasteiger partial charge < -0.3 is 5.11 Å². The minimum absolute atomic E-state index is 0.218. The molecule has 1 atom stereocenters. The first-order valence-electron chi connectivity index (χ1n) is 5.70. The van der Waals surface area contributed by atoms with Crippen LogP contribution in [0.25, 0.3) is 0 Å². The minimum Gasteiger partial charge on any atom is -0.481 e. The zero-order valence-electron chi connectivity index (χ0n) is 10.9. The first-order valence-corrected chi connectivity index (χ1v) is 6.93. The molecule has 0 amide bonds. The molecule has 0 radical (unpaired) electrons. The molecule has 17 heavy (non-hydrogen) atoms. The Kier molecular flexibility index (Phi) is 4.63. The third-order valence-corrected chi connectivity index (χ3v) is 3.69. The van der Waals surface area contributed by atoms with Crippen LogP contribution in [0, 0.1) is 11.3 Å². The smallest absolute Gasteiger partial charge is 0.307 e. The Balaban J connectivity index is 2.83. The van der Waals surface area contributed by atoms with Crippen LogP contribution in [-0.4, -0.2) is 17.3 Å². The monoisotopic (exact) mass is 252 g/mol. The molecule has 0 saturated heterocycles. The summed E-state index contributed by atoms with van der Waals surface area (Å²) >= 11 is 1.69. The second kappa shape index (κ2) is 5.58. The second-order valence-electron chi connectivity index (χ2n) is 5.31. The highest BCUT2D eigenvalue weighted by atomic mass is 32.2. The van der Waals surface area contributed by atoms with Crippen molar-refractivity contribution < 1.29 is 9.90 Å². The van der Waals surface area contributed by atoms with E-state index in [1.54, 1.807) is 11.8 Å². The first-order chi connectivity index (χ1) is 7.84. The minimum atomic E-state index is -0.716. The summed E-state index contributed by atoms with van der Waals surface area (Å²) in [4.78, 5) is 12.5. The maximum atomic E-state index is 11.3. The van der Waals surface area contributed by atoms with Crippen LogP contribution in [0.2, 0.25) is 0 Å². The molecule has 1 rings (SSSR count). The quantitative estimate of drug-likeness (QED) is 0.830. The number of thioether (sulfide) groups is 1. The number of benzene rings is 1. The summed E-state index contributed by atoms with van der Waals surface area (Å²) in [5.74, 6) is -1.06. The van der Waals surface area contributed by atoms with Gasteiger partial charge in [0.05, 0.1) is 5.92 Å². The van der Waals surface area contributed by atoms with Crippen molar-refractivity contribution in [2.24, 2.45) is 11.3 Å². The van der Waals surface area contributed by atoms with Crippen LogP contribution < -0.4 is 0 Å². The number of rotatable bonds is 4. The summed E-state index contributed by atoms with van der Waals surface area (Å²) < 4.78 is 0. The van der Waals surface area contributed by atoms with E-state index < -0.39 is 5.97 Å². The average Bonchev–Trinajstić information content (AvgIpc) is 2.24. The van der Waals surface area contributed by atoms with E-state index in [-0.39, 0.29) is 11.3 Å². The van der Waals surface area contributed by atoms with Gasteiger partial charge in [-0.05, 0) is 35.8 Å². The molecular formula is C14H20O2S. The van der Waals surface area contributed by atoms with Crippen molar-refractivity contribution >= 4 is 17.7 Å². The fourth-order valence-electron chi connectivity index (χ4n) is 1.76. The third-order valence-electron chi connectivity index (χ3n) is 2.94. The molecule has 3 heteroatoms. The number of carboxylic acid groups (broad SMARTS) is 1. The van der Waals surface area contributed by atoms with Crippen LogP contribution in [0.1, 0.15) is 26.3 Å². The second-order valence-corrected chi connectivity index (χ2v) is 6.19. The van der Waals surface area contributed by atoms with Crippen LogP contribution >= 0.6 is 11.8 Å². The number of carbonyl (C=O) groups is 1. The highest BCUT2D eigenvalue weighted by Crippen LogP contribution is 2.29. The number of hydrogen-bond acceptors (Lipinski definition) is 2. The molecule has 1 N–H and O–H groups in total. The van der Waals surface area contributed by atoms with Crippen molar-refractivity contribution in [3.63, 3.8) is 0 Å². The number of carboxylic acids is 1. The number of hydrogen-bond donors (Lipinski definition) is 1. The number of aliphatic carboxylic acids is 1. The highest BCUT2D eigenvalue weighted by molar-refractivity contribution is 7.98. The van der Waals surface area contributed by atoms with Gasteiger partial charge in [0.1, 0.15) is 0 Å². The van der Waals surface area contributed by atoms with Gasteiger partial charge in [0, 0.05) is 4.90 Å². The van der Waals surface area contributed by atoms with E-state index in [4.69, 9.17) is 0 Å². The molecule has 94 valence electrons. The topological polar surface area (TPSA) is 37.3 Å². The zero-order chi connectivity index (χ0) is 13.1. The lowest BCUT2D eigenvalue weighted by atomic mass is 9.77. The standard InChI is InChI=1S/C14H20O2S/c1-14(2,3)12(13(15)16)9-10-5-7-11(17-4)8-6-10/h5-8,12H,9H2,1-4H3,(H,15,16). The van der Waals surface area contributed by atoms with Crippen molar-refractivity contribution in [2.45, 2.75) is 32.1 Å². The largest absolute Gasteiger partial charge is 0.481 e. The Morgan fingerprint density at radius 1 is 1.29 bits per heavy atom. The van der Waals surface area contributed by atoms with E-state index >= 15 is 0 Å². The van der Waals surface area contributed by atoms with Gasteiger partial charge in [-0.3, -0.25) is 4.79 Å². The Morgan fingerprint density at radius 3 is 2.18 bits per heavy atom. The molecule has 2 nitrogen and oxygen atoms in total. The van der Waals surface area contributed by atoms with Gasteiger partial charge >= 0.3 is 5.97 Å². The van der Waals surface area contributed by atoms with Crippen molar-refractivity contribution in [2.75, 3.05) is 6.26 Å². The van der Waals surface area contributed by atoms with E-state index in [0.717, 1.165) is 5.56 Å². The molecule has 0 heterocycles. The molecular weight excluding hydrogens is 232 g/mol. The fraction of sp³-hybridized carbons (Fsp3) is 0.500. The maximum absolute atomic E-state index is 11.3. The van der Waals surface area contributed by atoms with E-state index in [2.05, 4.69) is 0 Å². The van der Waals surface area contributed by atoms with Crippen molar-refractivity contribution in [3.05, 3.63) is 29.8 Å². The molecule has 0 spiro atoms. The summed E-state index contributed by atoms with van der Waals surface area (Å²) in [5.41, 5.74) is 0.870. The van der Waals surface area contributed by atoms with Crippen LogP contribution in [0.5, 0.6) is 0 Å². The lowest BCUT2D eigenvalue weighted by Gasteiger charge is -2.27. The Hall–Kier alpha value is -0.960. The lowest BCUT2D eigenvalue weighted by Crippen LogP contribution is -2.30. The molecule has 0 aliphatic rings. The lowest BCUT2D eigenvalue weighted by molar-refractivity contribution is -0.145. The predicted octanol–water partition coefficient (Wildman–Crippen LogP) is 3.70. The predicted molar refractivity (Wildman–Crippen MR) is 72.5 cm³/mol. The highest BCUT2D eigenvalue weighted by Gasteiger charge is 2.30. The van der Waals surface area contributed by atoms with E-state index in [1.165, 1.54) is 4.90 Å². The zero-order valence-corrected chi connectivity index (χ0v) is 11.7. The molecule has 1 aromatic carbocycles. The summed E-state index contributed by atoms with van der Waals surface area (Å²) in [5, 5.41) is 9.27. The average molecular weight is 252 g/mol. The van der Waals surface area contributed by atoms with Gasteiger partial charge in [-0.1, -0.05) is 32.9 Å². The normalized spacial score (nSPS) is 13.4. The molecule has 0 aromatic heterocycles. The fourth-order valence-corrected chi connectivity index (χ4v) is 2.17. The summed E-state index contributed by atoms with van der Waals surface area (Å²) in [6.45, 7) is 5.92. The summed E-state index contributed by atoms with van der Waals surface area (Å²) in [6.07, 6.45) is 2.62. The van der Waals surface area contributed by atoms with E-state index in [0.29, 0.717) is 6.42 Å². The van der Waals surface area contributed by atoms with Crippen molar-refractivity contribution in [3.8, 4) is 0 Å². The van der Waals surface area contributed by atoms with Crippen molar-refractivity contribution in [1.29, 1.82) is 0 Å². The van der Waals surface area contributed by atoms with Crippen molar-refractivity contribution in [1.82, 2.24) is 0 Å². The van der Waals surface area contributed by atoms with Gasteiger partial charge in [-0.2, -0.15) is 0 Å². The van der Waals surface area contributed by atoms with Crippen LogP contribution in [0.3, 0.4) is 0 Å². The molecule has 0 aliphatic carbocycles. The molecule has 0 saturated carbocycles. The van der Waals surface area contributed by atoms with E-state index in [9.17, 15) is 9.90 Å². The van der Waals surface area contributed by atoms with E-state index in [1.807, 2.05) is 51.3 Å². The first kappa shape index (κ1) is 14.1. The van der Waals surface area contributed by atoms with Gasteiger partial charge in [0.2, 0.25) is 0 Å². The van der Waals surface area contributed by atoms with Crippen LogP contribution in [0.4, 0.5) is 0 Å². The molecule has 0 aliphatic heterocycles. The molecule has 0 bridgehead atoms. The Labute approximate surface area is 107 Å². The summed E-state index contributed by atoms with van der Waals surface area (Å²) in [6, 6.07) is 8.13.